The van der Waals surface area contributed by atoms with Gasteiger partial charge in [-0.2, -0.15) is 18.2 Å². The van der Waals surface area contributed by atoms with Crippen molar-refractivity contribution in [3.63, 3.8) is 0 Å². The van der Waals surface area contributed by atoms with E-state index in [1.165, 1.54) is 16.1 Å². The maximum atomic E-state index is 12.7. The zero-order valence-electron chi connectivity index (χ0n) is 12.3. The van der Waals surface area contributed by atoms with E-state index in [9.17, 15) is 23.1 Å². The van der Waals surface area contributed by atoms with Gasteiger partial charge in [-0.15, -0.1) is 0 Å². The number of aromatic nitrogens is 4. The molecule has 1 aromatic carbocycles. The fourth-order valence-corrected chi connectivity index (χ4v) is 2.89. The van der Waals surface area contributed by atoms with Crippen LogP contribution in [0.15, 0.2) is 29.1 Å². The summed E-state index contributed by atoms with van der Waals surface area (Å²) in [6, 6.07) is 3.90. The molecule has 2 heterocycles. The third-order valence-electron chi connectivity index (χ3n) is 3.20. The predicted molar refractivity (Wildman–Crippen MR) is 83.8 cm³/mol. The normalized spacial score (nSPS) is 12.0. The van der Waals surface area contributed by atoms with E-state index in [0.29, 0.717) is 11.3 Å². The fraction of sp³-hybridized carbons (Fsp3) is 0.214. The SMILES string of the molecule is CCSn1c(-c2ccc(C(F)(F)F)cc2)nc2[nH]c(O)nc2c1=O. The van der Waals surface area contributed by atoms with Crippen LogP contribution in [0, 0.1) is 0 Å². The summed E-state index contributed by atoms with van der Waals surface area (Å²) in [4.78, 5) is 22.8. The third kappa shape index (κ3) is 2.84. The Morgan fingerprint density at radius 3 is 2.50 bits per heavy atom. The summed E-state index contributed by atoms with van der Waals surface area (Å²) in [5.41, 5.74) is -0.914. The lowest BCUT2D eigenvalue weighted by Gasteiger charge is -2.11. The van der Waals surface area contributed by atoms with Crippen molar-refractivity contribution < 1.29 is 18.3 Å². The smallest absolute Gasteiger partial charge is 0.416 e. The second kappa shape index (κ2) is 5.86. The third-order valence-corrected chi connectivity index (χ3v) is 4.05. The summed E-state index contributed by atoms with van der Waals surface area (Å²) in [5, 5.41) is 9.40. The summed E-state index contributed by atoms with van der Waals surface area (Å²) >= 11 is 1.14. The van der Waals surface area contributed by atoms with Crippen LogP contribution in [-0.4, -0.2) is 29.8 Å². The Hall–Kier alpha value is -2.49. The van der Waals surface area contributed by atoms with E-state index in [0.717, 1.165) is 24.1 Å². The van der Waals surface area contributed by atoms with E-state index in [2.05, 4.69) is 15.0 Å². The minimum absolute atomic E-state index is 0.0379. The van der Waals surface area contributed by atoms with Crippen LogP contribution in [-0.2, 0) is 6.18 Å². The van der Waals surface area contributed by atoms with Crippen LogP contribution in [0.25, 0.3) is 22.6 Å². The highest BCUT2D eigenvalue weighted by Crippen LogP contribution is 2.31. The number of fused-ring (bicyclic) bond motifs is 1. The second-order valence-electron chi connectivity index (χ2n) is 4.79. The molecule has 6 nitrogen and oxygen atoms in total. The number of hydrogen-bond acceptors (Lipinski definition) is 5. The van der Waals surface area contributed by atoms with Crippen LogP contribution in [0.1, 0.15) is 12.5 Å². The highest BCUT2D eigenvalue weighted by atomic mass is 32.2. The lowest BCUT2D eigenvalue weighted by atomic mass is 10.1. The van der Waals surface area contributed by atoms with Crippen molar-refractivity contribution in [3.05, 3.63) is 40.2 Å². The average molecular weight is 356 g/mol. The fourth-order valence-electron chi connectivity index (χ4n) is 2.16. The molecule has 0 amide bonds. The van der Waals surface area contributed by atoms with Crippen molar-refractivity contribution in [1.29, 1.82) is 0 Å². The number of hydrogen-bond donors (Lipinski definition) is 2. The lowest BCUT2D eigenvalue weighted by molar-refractivity contribution is -0.137. The van der Waals surface area contributed by atoms with Gasteiger partial charge < -0.3 is 5.11 Å². The van der Waals surface area contributed by atoms with Crippen molar-refractivity contribution in [2.45, 2.75) is 13.1 Å². The molecule has 0 aliphatic heterocycles. The monoisotopic (exact) mass is 356 g/mol. The van der Waals surface area contributed by atoms with Crippen molar-refractivity contribution in [2.24, 2.45) is 0 Å². The van der Waals surface area contributed by atoms with Crippen molar-refractivity contribution in [2.75, 3.05) is 5.75 Å². The van der Waals surface area contributed by atoms with Gasteiger partial charge in [-0.25, -0.2) is 8.96 Å². The number of nitrogens with one attached hydrogen (secondary N) is 1. The first-order valence-electron chi connectivity index (χ1n) is 6.84. The number of nitrogens with zero attached hydrogens (tertiary/aromatic N) is 3. The van der Waals surface area contributed by atoms with Crippen molar-refractivity contribution in [1.82, 2.24) is 18.9 Å². The zero-order valence-corrected chi connectivity index (χ0v) is 13.1. The Morgan fingerprint density at radius 2 is 1.92 bits per heavy atom. The molecule has 0 atom stereocenters. The average Bonchev–Trinajstić information content (AvgIpc) is 2.90. The Bertz CT molecular complexity index is 948. The van der Waals surface area contributed by atoms with Crippen LogP contribution < -0.4 is 5.56 Å². The molecule has 126 valence electrons. The van der Waals surface area contributed by atoms with Gasteiger partial charge >= 0.3 is 6.18 Å². The molecule has 0 saturated heterocycles. The highest BCUT2D eigenvalue weighted by Gasteiger charge is 2.30. The van der Waals surface area contributed by atoms with Crippen LogP contribution in [0.4, 0.5) is 13.2 Å². The molecule has 0 bridgehead atoms. The van der Waals surface area contributed by atoms with Crippen LogP contribution >= 0.6 is 11.9 Å². The molecule has 0 unspecified atom stereocenters. The molecule has 0 spiro atoms. The molecular formula is C14H11F3N4O2S. The molecule has 3 rings (SSSR count). The quantitative estimate of drug-likeness (QED) is 0.754. The van der Waals surface area contributed by atoms with Gasteiger partial charge in [0.15, 0.2) is 17.0 Å². The van der Waals surface area contributed by atoms with Crippen LogP contribution in [0.5, 0.6) is 6.01 Å². The van der Waals surface area contributed by atoms with E-state index < -0.39 is 23.3 Å². The van der Waals surface area contributed by atoms with E-state index in [-0.39, 0.29) is 17.0 Å². The predicted octanol–water partition coefficient (Wildman–Crippen LogP) is 3.03. The Morgan fingerprint density at radius 1 is 1.25 bits per heavy atom. The Balaban J connectivity index is 2.20. The zero-order chi connectivity index (χ0) is 17.5. The van der Waals surface area contributed by atoms with E-state index in [1.807, 2.05) is 6.92 Å². The maximum absolute atomic E-state index is 12.7. The van der Waals surface area contributed by atoms with Gasteiger partial charge in [-0.3, -0.25) is 9.78 Å². The van der Waals surface area contributed by atoms with Gasteiger partial charge in [-0.1, -0.05) is 19.1 Å². The Labute approximate surface area is 137 Å². The molecule has 0 aliphatic carbocycles. The number of halogens is 3. The number of aromatic amines is 1. The Kier molecular flexibility index (Phi) is 3.99. The van der Waals surface area contributed by atoms with Gasteiger partial charge in [0.05, 0.1) is 5.56 Å². The molecule has 2 aromatic heterocycles. The minimum Gasteiger partial charge on any atom is -0.480 e. The number of aromatic hydroxyl groups is 1. The van der Waals surface area contributed by atoms with Crippen LogP contribution in [0.2, 0.25) is 0 Å². The first kappa shape index (κ1) is 16.4. The largest absolute Gasteiger partial charge is 0.480 e. The first-order valence-corrected chi connectivity index (χ1v) is 7.78. The highest BCUT2D eigenvalue weighted by molar-refractivity contribution is 7.97. The lowest BCUT2D eigenvalue weighted by Crippen LogP contribution is -2.19. The van der Waals surface area contributed by atoms with Gasteiger partial charge in [-0.05, 0) is 24.1 Å². The maximum Gasteiger partial charge on any atom is 0.416 e. The van der Waals surface area contributed by atoms with E-state index in [1.54, 1.807) is 0 Å². The molecule has 0 saturated carbocycles. The molecule has 2 N–H and O–H groups in total. The summed E-state index contributed by atoms with van der Waals surface area (Å²) < 4.78 is 39.3. The molecule has 3 aromatic rings. The number of alkyl halides is 3. The standard InChI is InChI=1S/C14H11F3N4O2S/c1-2-24-21-11(7-3-5-8(6-4-7)14(15,16)17)19-10-9(12(21)22)18-13(23)20-10/h3-6H,2H2,1H3,(H2,18,20,23). The summed E-state index contributed by atoms with van der Waals surface area (Å²) in [5.74, 6) is 0.716. The summed E-state index contributed by atoms with van der Waals surface area (Å²) in [6.45, 7) is 1.82. The van der Waals surface area contributed by atoms with Gasteiger partial charge in [0.2, 0.25) is 0 Å². The van der Waals surface area contributed by atoms with E-state index in [4.69, 9.17) is 0 Å². The van der Waals surface area contributed by atoms with Gasteiger partial charge in [0, 0.05) is 11.3 Å². The number of rotatable bonds is 3. The minimum atomic E-state index is -4.44. The number of H-pyrrole nitrogens is 1. The number of benzene rings is 1. The summed E-state index contributed by atoms with van der Waals surface area (Å²) in [7, 11) is 0. The van der Waals surface area contributed by atoms with E-state index >= 15 is 0 Å². The molecule has 10 heteroatoms. The second-order valence-corrected chi connectivity index (χ2v) is 5.99. The van der Waals surface area contributed by atoms with Crippen molar-refractivity contribution in [3.8, 4) is 17.4 Å². The number of imidazole rings is 1. The molecule has 0 radical (unpaired) electrons. The van der Waals surface area contributed by atoms with Crippen LogP contribution in [0.3, 0.4) is 0 Å². The first-order chi connectivity index (χ1) is 11.3. The molecule has 0 fully saturated rings. The van der Waals surface area contributed by atoms with Gasteiger partial charge in [0.25, 0.3) is 11.6 Å². The molecule has 0 aliphatic rings. The molecule has 24 heavy (non-hydrogen) atoms. The van der Waals surface area contributed by atoms with Crippen molar-refractivity contribution >= 4 is 23.1 Å². The van der Waals surface area contributed by atoms with Gasteiger partial charge in [0.1, 0.15) is 0 Å². The molecular weight excluding hydrogens is 345 g/mol. The summed E-state index contributed by atoms with van der Waals surface area (Å²) in [6.07, 6.45) is -4.44. The topological polar surface area (TPSA) is 83.8 Å².